The minimum atomic E-state index is -0.0946. The lowest BCUT2D eigenvalue weighted by atomic mass is 10.1. The molecule has 5 rings (SSSR count). The van der Waals surface area contributed by atoms with Crippen LogP contribution in [0.3, 0.4) is 0 Å². The molecule has 0 radical (unpaired) electrons. The maximum absolute atomic E-state index is 12.8. The summed E-state index contributed by atoms with van der Waals surface area (Å²) < 4.78 is 0.898. The number of piperazine rings is 1. The number of amides is 2. The van der Waals surface area contributed by atoms with Gasteiger partial charge in [-0.3, -0.25) is 14.6 Å². The number of likely N-dealkylation sites (N-methyl/N-ethyl adjacent to an activating group) is 1. The van der Waals surface area contributed by atoms with Crippen LogP contribution in [0.25, 0.3) is 10.2 Å². The summed E-state index contributed by atoms with van der Waals surface area (Å²) in [5.41, 5.74) is 2.44. The van der Waals surface area contributed by atoms with E-state index < -0.39 is 0 Å². The lowest BCUT2D eigenvalue weighted by molar-refractivity contribution is -0.115. The standard InChI is InChI=1S/C20H22N6O2S2/c1-24-6-8-25(9-7-24)18(28)13-2-3-15-16(10-13)30-19(22-15)23-17(27)11-14-12-29-20-21-4-5-26(14)20/h2-3,10,12H,4-9,11H2,1H3,(H,22,23,27). The molecule has 0 unspecified atom stereocenters. The Bertz CT molecular complexity index is 1070. The summed E-state index contributed by atoms with van der Waals surface area (Å²) in [5.74, 6) is -0.0412. The fourth-order valence-corrected chi connectivity index (χ4v) is 5.62. The predicted molar refractivity (Wildman–Crippen MR) is 121 cm³/mol. The van der Waals surface area contributed by atoms with Crippen LogP contribution in [0, 0.1) is 0 Å². The van der Waals surface area contributed by atoms with Gasteiger partial charge in [-0.2, -0.15) is 0 Å². The number of hydrogen-bond acceptors (Lipinski definition) is 8. The Morgan fingerprint density at radius 1 is 1.17 bits per heavy atom. The van der Waals surface area contributed by atoms with Gasteiger partial charge in [0.1, 0.15) is 0 Å². The van der Waals surface area contributed by atoms with E-state index in [0.29, 0.717) is 17.1 Å². The second-order valence-corrected chi connectivity index (χ2v) is 9.43. The number of carbonyl (C=O) groups is 2. The van der Waals surface area contributed by atoms with Crippen LogP contribution in [-0.2, 0) is 4.79 Å². The summed E-state index contributed by atoms with van der Waals surface area (Å²) in [6.07, 6.45) is 0.301. The van der Waals surface area contributed by atoms with Crippen LogP contribution >= 0.6 is 23.1 Å². The fraction of sp³-hybridized carbons (Fsp3) is 0.400. The van der Waals surface area contributed by atoms with E-state index in [-0.39, 0.29) is 11.8 Å². The van der Waals surface area contributed by atoms with Crippen LogP contribution in [0.1, 0.15) is 16.8 Å². The molecule has 3 aliphatic rings. The molecule has 0 bridgehead atoms. The molecule has 8 nitrogen and oxygen atoms in total. The Labute approximate surface area is 182 Å². The maximum Gasteiger partial charge on any atom is 0.253 e. The number of aliphatic imine (C=N–C) groups is 1. The molecular weight excluding hydrogens is 420 g/mol. The highest BCUT2D eigenvalue weighted by Crippen LogP contribution is 2.32. The van der Waals surface area contributed by atoms with Gasteiger partial charge in [0.15, 0.2) is 10.3 Å². The zero-order valence-electron chi connectivity index (χ0n) is 16.6. The van der Waals surface area contributed by atoms with E-state index in [1.54, 1.807) is 11.8 Å². The van der Waals surface area contributed by atoms with Crippen LogP contribution in [0.2, 0.25) is 0 Å². The van der Waals surface area contributed by atoms with Crippen molar-refractivity contribution in [2.75, 3.05) is 51.6 Å². The molecular formula is C20H22N6O2S2. The molecule has 1 N–H and O–H groups in total. The Morgan fingerprint density at radius 3 is 2.83 bits per heavy atom. The number of benzene rings is 1. The van der Waals surface area contributed by atoms with Crippen molar-refractivity contribution in [3.8, 4) is 0 Å². The zero-order valence-corrected chi connectivity index (χ0v) is 18.3. The minimum Gasteiger partial charge on any atom is -0.336 e. The average molecular weight is 443 g/mol. The monoisotopic (exact) mass is 442 g/mol. The molecule has 156 valence electrons. The van der Waals surface area contributed by atoms with Crippen LogP contribution in [0.4, 0.5) is 5.13 Å². The van der Waals surface area contributed by atoms with E-state index in [0.717, 1.165) is 60.3 Å². The molecule has 0 saturated carbocycles. The molecule has 0 aliphatic carbocycles. The van der Waals surface area contributed by atoms with Crippen molar-refractivity contribution in [2.24, 2.45) is 4.99 Å². The highest BCUT2D eigenvalue weighted by molar-refractivity contribution is 8.16. The van der Waals surface area contributed by atoms with Crippen LogP contribution in [0.5, 0.6) is 0 Å². The summed E-state index contributed by atoms with van der Waals surface area (Å²) in [6, 6.07) is 5.56. The number of hydrogen-bond donors (Lipinski definition) is 1. The van der Waals surface area contributed by atoms with Crippen LogP contribution < -0.4 is 5.32 Å². The Morgan fingerprint density at radius 2 is 2.00 bits per heavy atom. The van der Waals surface area contributed by atoms with E-state index in [9.17, 15) is 9.59 Å². The number of fused-ring (bicyclic) bond motifs is 2. The van der Waals surface area contributed by atoms with E-state index in [4.69, 9.17) is 0 Å². The largest absolute Gasteiger partial charge is 0.336 e. The van der Waals surface area contributed by atoms with Gasteiger partial charge in [0.2, 0.25) is 5.91 Å². The van der Waals surface area contributed by atoms with Crippen molar-refractivity contribution in [1.82, 2.24) is 19.7 Å². The first-order valence-electron chi connectivity index (χ1n) is 9.93. The molecule has 1 fully saturated rings. The van der Waals surface area contributed by atoms with Gasteiger partial charge in [0.25, 0.3) is 5.91 Å². The summed E-state index contributed by atoms with van der Waals surface area (Å²) >= 11 is 2.97. The third kappa shape index (κ3) is 3.82. The predicted octanol–water partition coefficient (Wildman–Crippen LogP) is 2.27. The molecule has 4 heterocycles. The van der Waals surface area contributed by atoms with E-state index >= 15 is 0 Å². The highest BCUT2D eigenvalue weighted by Gasteiger charge is 2.27. The average Bonchev–Trinajstić information content (AvgIpc) is 3.44. The molecule has 1 aromatic carbocycles. The lowest BCUT2D eigenvalue weighted by Crippen LogP contribution is -2.47. The summed E-state index contributed by atoms with van der Waals surface area (Å²) in [6.45, 7) is 4.90. The molecule has 10 heteroatoms. The van der Waals surface area contributed by atoms with Crippen molar-refractivity contribution in [3.63, 3.8) is 0 Å². The van der Waals surface area contributed by atoms with Gasteiger partial charge in [0, 0.05) is 44.0 Å². The first-order chi connectivity index (χ1) is 14.6. The van der Waals surface area contributed by atoms with Crippen LogP contribution in [-0.4, -0.2) is 83.0 Å². The second kappa shape index (κ2) is 8.01. The normalized spacial score (nSPS) is 19.1. The molecule has 2 aromatic rings. The third-order valence-electron chi connectivity index (χ3n) is 5.46. The van der Waals surface area contributed by atoms with E-state index in [2.05, 4.69) is 32.1 Å². The SMILES string of the molecule is CN1CCN(C(=O)c2ccc3nc(NC(=O)CC4=CSC5=NCCN45)sc3c2)CC1. The summed E-state index contributed by atoms with van der Waals surface area (Å²) in [5, 5.41) is 6.44. The Kier molecular flexibility index (Phi) is 5.21. The lowest BCUT2D eigenvalue weighted by Gasteiger charge is -2.32. The number of thiazole rings is 1. The van der Waals surface area contributed by atoms with E-state index in [1.165, 1.54) is 11.3 Å². The molecule has 1 aromatic heterocycles. The van der Waals surface area contributed by atoms with Crippen molar-refractivity contribution in [1.29, 1.82) is 0 Å². The topological polar surface area (TPSA) is 81.1 Å². The Hall–Kier alpha value is -2.43. The van der Waals surface area contributed by atoms with Gasteiger partial charge in [-0.05, 0) is 30.7 Å². The van der Waals surface area contributed by atoms with Crippen molar-refractivity contribution in [3.05, 3.63) is 34.9 Å². The van der Waals surface area contributed by atoms with Crippen molar-refractivity contribution < 1.29 is 9.59 Å². The molecule has 0 spiro atoms. The number of amidine groups is 1. The molecule has 30 heavy (non-hydrogen) atoms. The number of nitrogens with one attached hydrogen (secondary N) is 1. The molecule has 0 atom stereocenters. The zero-order chi connectivity index (χ0) is 20.7. The van der Waals surface area contributed by atoms with E-state index in [1.807, 2.05) is 28.5 Å². The minimum absolute atomic E-state index is 0.0535. The third-order valence-corrected chi connectivity index (χ3v) is 7.35. The quantitative estimate of drug-likeness (QED) is 0.782. The smallest absolute Gasteiger partial charge is 0.253 e. The first-order valence-corrected chi connectivity index (χ1v) is 11.6. The van der Waals surface area contributed by atoms with Gasteiger partial charge in [-0.1, -0.05) is 23.1 Å². The number of thioether (sulfide) groups is 1. The molecule has 3 aliphatic heterocycles. The van der Waals surface area contributed by atoms with Gasteiger partial charge >= 0.3 is 0 Å². The molecule has 2 amide bonds. The summed E-state index contributed by atoms with van der Waals surface area (Å²) in [4.78, 5) is 40.5. The first kappa shape index (κ1) is 19.5. The second-order valence-electron chi connectivity index (χ2n) is 7.56. The number of nitrogens with zero attached hydrogens (tertiary/aromatic N) is 5. The van der Waals surface area contributed by atoms with Crippen LogP contribution in [0.15, 0.2) is 34.3 Å². The molecule has 1 saturated heterocycles. The van der Waals surface area contributed by atoms with Crippen molar-refractivity contribution in [2.45, 2.75) is 6.42 Å². The Balaban J connectivity index is 1.25. The van der Waals surface area contributed by atoms with Gasteiger partial charge in [-0.15, -0.1) is 0 Å². The maximum atomic E-state index is 12.8. The number of anilines is 1. The van der Waals surface area contributed by atoms with Crippen molar-refractivity contribution >= 4 is 55.4 Å². The fourth-order valence-electron chi connectivity index (χ4n) is 3.75. The number of rotatable bonds is 4. The van der Waals surface area contributed by atoms with Gasteiger partial charge < -0.3 is 20.0 Å². The van der Waals surface area contributed by atoms with Gasteiger partial charge in [-0.25, -0.2) is 4.98 Å². The highest BCUT2D eigenvalue weighted by atomic mass is 32.2. The number of aromatic nitrogens is 1. The summed E-state index contributed by atoms with van der Waals surface area (Å²) in [7, 11) is 2.07. The number of carbonyl (C=O) groups excluding carboxylic acids is 2. The van der Waals surface area contributed by atoms with Gasteiger partial charge in [0.05, 0.1) is 23.2 Å².